The molecular weight excluding hydrogens is 404 g/mol. The van der Waals surface area contributed by atoms with Crippen molar-refractivity contribution in [3.63, 3.8) is 0 Å². The van der Waals surface area contributed by atoms with Gasteiger partial charge in [0.1, 0.15) is 5.82 Å². The summed E-state index contributed by atoms with van der Waals surface area (Å²) in [6.07, 6.45) is 0.701. The number of hydrogen-bond acceptors (Lipinski definition) is 5. The van der Waals surface area contributed by atoms with Crippen molar-refractivity contribution in [3.8, 4) is 11.1 Å². The second-order valence-electron chi connectivity index (χ2n) is 6.54. The van der Waals surface area contributed by atoms with Gasteiger partial charge in [0.05, 0.1) is 10.9 Å². The van der Waals surface area contributed by atoms with Crippen LogP contribution in [0.15, 0.2) is 59.8 Å². The Hall–Kier alpha value is -2.57. The summed E-state index contributed by atoms with van der Waals surface area (Å²) < 4.78 is 0. The number of rotatable bonds is 7. The molecule has 3 N–H and O–H groups in total. The van der Waals surface area contributed by atoms with E-state index in [4.69, 9.17) is 17.3 Å². The SMILES string of the molecule is CCc1nc(SC(C)C(=O)NCc2ccccc2)nc(N)c1-c1ccc(Cl)cc1. The van der Waals surface area contributed by atoms with Gasteiger partial charge in [-0.1, -0.05) is 72.8 Å². The number of nitrogen functional groups attached to an aromatic ring is 1. The second kappa shape index (κ2) is 9.76. The van der Waals surface area contributed by atoms with Crippen LogP contribution in [0, 0.1) is 0 Å². The molecule has 0 aliphatic rings. The number of carbonyl (C=O) groups is 1. The highest BCUT2D eigenvalue weighted by Crippen LogP contribution is 2.32. The Morgan fingerprint density at radius 2 is 1.83 bits per heavy atom. The molecule has 7 heteroatoms. The Balaban J connectivity index is 1.72. The molecule has 1 aromatic heterocycles. The lowest BCUT2D eigenvalue weighted by Crippen LogP contribution is -2.30. The van der Waals surface area contributed by atoms with Gasteiger partial charge in [-0.3, -0.25) is 4.79 Å². The minimum Gasteiger partial charge on any atom is -0.383 e. The summed E-state index contributed by atoms with van der Waals surface area (Å²) in [5.41, 5.74) is 9.90. The van der Waals surface area contributed by atoms with Crippen molar-refractivity contribution >= 4 is 35.1 Å². The van der Waals surface area contributed by atoms with Crippen molar-refractivity contribution in [2.75, 3.05) is 5.73 Å². The molecule has 3 rings (SSSR count). The molecule has 5 nitrogen and oxygen atoms in total. The lowest BCUT2D eigenvalue weighted by Gasteiger charge is -2.15. The third kappa shape index (κ3) is 5.49. The average Bonchev–Trinajstić information content (AvgIpc) is 2.73. The molecular formula is C22H23ClN4OS. The lowest BCUT2D eigenvalue weighted by molar-refractivity contribution is -0.120. The zero-order chi connectivity index (χ0) is 20.8. The standard InChI is InChI=1S/C22H23ClN4OS/c1-3-18-19(16-9-11-17(23)12-10-16)20(24)27-22(26-18)29-14(2)21(28)25-13-15-7-5-4-6-8-15/h4-12,14H,3,13H2,1-2H3,(H,25,28)(H2,24,26,27). The van der Waals surface area contributed by atoms with Crippen LogP contribution in [-0.2, 0) is 17.8 Å². The van der Waals surface area contributed by atoms with E-state index in [0.717, 1.165) is 22.4 Å². The Bertz CT molecular complexity index is 980. The number of carbonyl (C=O) groups excluding carboxylic acids is 1. The number of hydrogen-bond donors (Lipinski definition) is 2. The van der Waals surface area contributed by atoms with Gasteiger partial charge in [-0.2, -0.15) is 0 Å². The summed E-state index contributed by atoms with van der Waals surface area (Å²) in [7, 11) is 0. The lowest BCUT2D eigenvalue weighted by atomic mass is 10.0. The van der Waals surface area contributed by atoms with Gasteiger partial charge in [0, 0.05) is 17.1 Å². The van der Waals surface area contributed by atoms with Crippen LogP contribution in [0.5, 0.6) is 0 Å². The number of halogens is 1. The first-order valence-electron chi connectivity index (χ1n) is 9.38. The minimum atomic E-state index is -0.343. The van der Waals surface area contributed by atoms with Crippen LogP contribution in [0.25, 0.3) is 11.1 Å². The number of aryl methyl sites for hydroxylation is 1. The number of thioether (sulfide) groups is 1. The first kappa shape index (κ1) is 21.1. The van der Waals surface area contributed by atoms with E-state index in [1.165, 1.54) is 11.8 Å². The molecule has 29 heavy (non-hydrogen) atoms. The predicted molar refractivity (Wildman–Crippen MR) is 120 cm³/mol. The zero-order valence-electron chi connectivity index (χ0n) is 16.4. The second-order valence-corrected chi connectivity index (χ2v) is 8.28. The fourth-order valence-electron chi connectivity index (χ4n) is 2.88. The van der Waals surface area contributed by atoms with E-state index in [-0.39, 0.29) is 11.2 Å². The molecule has 1 amide bonds. The molecule has 0 aliphatic carbocycles. The fourth-order valence-corrected chi connectivity index (χ4v) is 3.83. The van der Waals surface area contributed by atoms with Crippen molar-refractivity contribution in [1.82, 2.24) is 15.3 Å². The van der Waals surface area contributed by atoms with E-state index in [0.29, 0.717) is 29.0 Å². The van der Waals surface area contributed by atoms with Crippen LogP contribution in [0.1, 0.15) is 25.1 Å². The minimum absolute atomic E-state index is 0.0687. The molecule has 150 valence electrons. The van der Waals surface area contributed by atoms with Crippen LogP contribution in [0.2, 0.25) is 5.02 Å². The number of nitrogens with one attached hydrogen (secondary N) is 1. The molecule has 0 bridgehead atoms. The number of benzene rings is 2. The molecule has 1 heterocycles. The van der Waals surface area contributed by atoms with Crippen LogP contribution < -0.4 is 11.1 Å². The molecule has 0 saturated heterocycles. The van der Waals surface area contributed by atoms with Crippen molar-refractivity contribution < 1.29 is 4.79 Å². The van der Waals surface area contributed by atoms with E-state index >= 15 is 0 Å². The maximum atomic E-state index is 12.4. The van der Waals surface area contributed by atoms with Crippen molar-refractivity contribution in [1.29, 1.82) is 0 Å². The summed E-state index contributed by atoms with van der Waals surface area (Å²) in [4.78, 5) is 21.5. The highest BCUT2D eigenvalue weighted by atomic mass is 35.5. The van der Waals surface area contributed by atoms with E-state index in [9.17, 15) is 4.79 Å². The summed E-state index contributed by atoms with van der Waals surface area (Å²) in [6.45, 7) is 4.35. The normalized spacial score (nSPS) is 11.8. The number of amides is 1. The predicted octanol–water partition coefficient (Wildman–Crippen LogP) is 4.74. The fraction of sp³-hybridized carbons (Fsp3) is 0.227. The van der Waals surface area contributed by atoms with Gasteiger partial charge in [-0.25, -0.2) is 9.97 Å². The molecule has 2 aromatic carbocycles. The summed E-state index contributed by atoms with van der Waals surface area (Å²) in [5, 5.41) is 3.76. The number of nitrogens with two attached hydrogens (primary N) is 1. The molecule has 0 fully saturated rings. The third-order valence-electron chi connectivity index (χ3n) is 4.42. The van der Waals surface area contributed by atoms with Crippen molar-refractivity contribution in [3.05, 3.63) is 70.9 Å². The maximum Gasteiger partial charge on any atom is 0.233 e. The third-order valence-corrected chi connectivity index (χ3v) is 5.63. The highest BCUT2D eigenvalue weighted by molar-refractivity contribution is 8.00. The monoisotopic (exact) mass is 426 g/mol. The van der Waals surface area contributed by atoms with Crippen molar-refractivity contribution in [2.45, 2.75) is 37.2 Å². The van der Waals surface area contributed by atoms with Gasteiger partial charge >= 0.3 is 0 Å². The Kier molecular flexibility index (Phi) is 7.12. The largest absolute Gasteiger partial charge is 0.383 e. The van der Waals surface area contributed by atoms with E-state index in [2.05, 4.69) is 15.3 Å². The van der Waals surface area contributed by atoms with Gasteiger partial charge in [-0.05, 0) is 36.6 Å². The quantitative estimate of drug-likeness (QED) is 0.421. The maximum absolute atomic E-state index is 12.4. The highest BCUT2D eigenvalue weighted by Gasteiger charge is 2.19. The van der Waals surface area contributed by atoms with E-state index < -0.39 is 0 Å². The van der Waals surface area contributed by atoms with Gasteiger partial charge in [0.2, 0.25) is 5.91 Å². The Morgan fingerprint density at radius 3 is 2.48 bits per heavy atom. The Morgan fingerprint density at radius 1 is 1.14 bits per heavy atom. The molecule has 0 saturated carbocycles. The molecule has 0 spiro atoms. The average molecular weight is 427 g/mol. The van der Waals surface area contributed by atoms with Crippen LogP contribution >= 0.6 is 23.4 Å². The summed E-state index contributed by atoms with van der Waals surface area (Å²) in [6, 6.07) is 17.2. The molecule has 0 aliphatic heterocycles. The van der Waals surface area contributed by atoms with Crippen LogP contribution in [0.3, 0.4) is 0 Å². The first-order valence-corrected chi connectivity index (χ1v) is 10.6. The van der Waals surface area contributed by atoms with Gasteiger partial charge < -0.3 is 11.1 Å². The summed E-state index contributed by atoms with van der Waals surface area (Å²) in [5.74, 6) is 0.333. The first-order chi connectivity index (χ1) is 14.0. The van der Waals surface area contributed by atoms with Crippen molar-refractivity contribution in [2.24, 2.45) is 0 Å². The van der Waals surface area contributed by atoms with E-state index in [1.54, 1.807) is 0 Å². The molecule has 1 unspecified atom stereocenters. The molecule has 1 atom stereocenters. The topological polar surface area (TPSA) is 80.9 Å². The van der Waals surface area contributed by atoms with Gasteiger partial charge in [-0.15, -0.1) is 0 Å². The summed E-state index contributed by atoms with van der Waals surface area (Å²) >= 11 is 7.29. The van der Waals surface area contributed by atoms with E-state index in [1.807, 2.05) is 68.4 Å². The number of anilines is 1. The molecule has 0 radical (unpaired) electrons. The Labute approximate surface area is 180 Å². The van der Waals surface area contributed by atoms with Crippen LogP contribution in [0.4, 0.5) is 5.82 Å². The van der Waals surface area contributed by atoms with Gasteiger partial charge in [0.25, 0.3) is 0 Å². The van der Waals surface area contributed by atoms with Gasteiger partial charge in [0.15, 0.2) is 5.16 Å². The molecule has 3 aromatic rings. The van der Waals surface area contributed by atoms with Crippen LogP contribution in [-0.4, -0.2) is 21.1 Å². The number of nitrogens with zero attached hydrogens (tertiary/aromatic N) is 2. The zero-order valence-corrected chi connectivity index (χ0v) is 17.9. The smallest absolute Gasteiger partial charge is 0.233 e. The number of aromatic nitrogens is 2.